The van der Waals surface area contributed by atoms with Crippen LogP contribution in [0.1, 0.15) is 26.7 Å². The van der Waals surface area contributed by atoms with Gasteiger partial charge in [-0.3, -0.25) is 29.9 Å². The smallest absolute Gasteiger partial charge is 0.317 e. The van der Waals surface area contributed by atoms with Crippen LogP contribution in [0.2, 0.25) is 0 Å². The van der Waals surface area contributed by atoms with Crippen LogP contribution in [0, 0.1) is 20.2 Å². The van der Waals surface area contributed by atoms with Gasteiger partial charge in [-0.15, -0.1) is 0 Å². The van der Waals surface area contributed by atoms with Crippen LogP contribution < -0.4 is 5.32 Å². The molecule has 0 aromatic heterocycles. The molecule has 9 heteroatoms. The minimum Gasteiger partial charge on any atom is -0.343 e. The number of rotatable bonds is 4. The molecule has 0 radical (unpaired) electrons. The molecule has 2 heterocycles. The Hall–Kier alpha value is -1.77. The van der Waals surface area contributed by atoms with Crippen molar-refractivity contribution in [3.63, 3.8) is 0 Å². The van der Waals surface area contributed by atoms with E-state index in [0.717, 1.165) is 0 Å². The molecule has 2 fully saturated rings. The number of hydrogen-bond acceptors (Lipinski definition) is 6. The van der Waals surface area contributed by atoms with Crippen LogP contribution >= 0.6 is 0 Å². The van der Waals surface area contributed by atoms with Gasteiger partial charge in [0, 0.05) is 15.9 Å². The van der Waals surface area contributed by atoms with Crippen molar-refractivity contribution in [1.82, 2.24) is 10.2 Å². The van der Waals surface area contributed by atoms with Crippen molar-refractivity contribution < 1.29 is 14.6 Å². The topological polar surface area (TPSA) is 119 Å². The van der Waals surface area contributed by atoms with Crippen molar-refractivity contribution >= 4 is 5.91 Å². The van der Waals surface area contributed by atoms with Gasteiger partial charge in [-0.25, -0.2) is 0 Å². The monoisotopic (exact) mass is 286 g/mol. The van der Waals surface area contributed by atoms with E-state index < -0.39 is 26.8 Å². The summed E-state index contributed by atoms with van der Waals surface area (Å²) in [6.45, 7) is 3.68. The summed E-state index contributed by atoms with van der Waals surface area (Å²) in [7, 11) is 0. The molecule has 2 saturated heterocycles. The van der Waals surface area contributed by atoms with E-state index in [1.807, 2.05) is 13.8 Å². The van der Waals surface area contributed by atoms with Crippen LogP contribution in [-0.2, 0) is 4.79 Å². The van der Waals surface area contributed by atoms with Crippen LogP contribution in [0.4, 0.5) is 0 Å². The highest BCUT2D eigenvalue weighted by Gasteiger charge is 2.69. The molecule has 9 nitrogen and oxygen atoms in total. The van der Waals surface area contributed by atoms with Crippen molar-refractivity contribution in [3.05, 3.63) is 20.2 Å². The lowest BCUT2D eigenvalue weighted by atomic mass is 9.74. The van der Waals surface area contributed by atoms with Crippen LogP contribution in [0.15, 0.2) is 0 Å². The van der Waals surface area contributed by atoms with Gasteiger partial charge in [-0.2, -0.15) is 0 Å². The first-order chi connectivity index (χ1) is 9.27. The molecule has 0 spiro atoms. The number of nitrogens with one attached hydrogen (secondary N) is 1. The predicted octanol–water partition coefficient (Wildman–Crippen LogP) is -0.349. The van der Waals surface area contributed by atoms with Crippen LogP contribution in [-0.4, -0.2) is 57.4 Å². The molecule has 2 rings (SSSR count). The molecule has 0 saturated carbocycles. The second-order valence-corrected chi connectivity index (χ2v) is 5.79. The fourth-order valence-corrected chi connectivity index (χ4v) is 3.07. The molecule has 1 N–H and O–H groups in total. The fourth-order valence-electron chi connectivity index (χ4n) is 3.07. The van der Waals surface area contributed by atoms with Gasteiger partial charge in [0.05, 0.1) is 19.6 Å². The Morgan fingerprint density at radius 1 is 1.35 bits per heavy atom. The molecule has 20 heavy (non-hydrogen) atoms. The van der Waals surface area contributed by atoms with Gasteiger partial charge in [0.15, 0.2) is 0 Å². The number of nitrogens with zero attached hydrogens (tertiary/aromatic N) is 3. The largest absolute Gasteiger partial charge is 0.343 e. The van der Waals surface area contributed by atoms with Crippen LogP contribution in [0.5, 0.6) is 0 Å². The van der Waals surface area contributed by atoms with E-state index in [9.17, 15) is 25.0 Å². The summed E-state index contributed by atoms with van der Waals surface area (Å²) in [6, 6.07) is -0.0418. The third-order valence-corrected chi connectivity index (χ3v) is 4.54. The summed E-state index contributed by atoms with van der Waals surface area (Å²) >= 11 is 0. The van der Waals surface area contributed by atoms with E-state index in [2.05, 4.69) is 5.32 Å². The Morgan fingerprint density at radius 2 is 2.00 bits per heavy atom. The number of carbonyl (C=O) groups is 1. The summed E-state index contributed by atoms with van der Waals surface area (Å²) in [4.78, 5) is 35.4. The lowest BCUT2D eigenvalue weighted by Crippen LogP contribution is -2.77. The zero-order valence-electron chi connectivity index (χ0n) is 11.5. The number of amides is 1. The summed E-state index contributed by atoms with van der Waals surface area (Å²) in [5.41, 5.74) is -3.38. The van der Waals surface area contributed by atoms with Gasteiger partial charge in [0.25, 0.3) is 11.4 Å². The first kappa shape index (κ1) is 14.6. The van der Waals surface area contributed by atoms with Crippen molar-refractivity contribution in [3.8, 4) is 0 Å². The van der Waals surface area contributed by atoms with E-state index in [4.69, 9.17) is 0 Å². The molecule has 0 aromatic rings. The molecule has 1 amide bonds. The maximum atomic E-state index is 12.0. The Labute approximate surface area is 115 Å². The third kappa shape index (κ3) is 1.92. The van der Waals surface area contributed by atoms with Gasteiger partial charge >= 0.3 is 5.54 Å². The predicted molar refractivity (Wildman–Crippen MR) is 68.4 cm³/mol. The lowest BCUT2D eigenvalue weighted by Gasteiger charge is -2.47. The van der Waals surface area contributed by atoms with Gasteiger partial charge in [-0.05, 0) is 13.3 Å². The summed E-state index contributed by atoms with van der Waals surface area (Å²) in [5.74, 6) is -0.715. The maximum Gasteiger partial charge on any atom is 0.317 e. The second kappa shape index (κ2) is 4.65. The Kier molecular flexibility index (Phi) is 3.41. The van der Waals surface area contributed by atoms with E-state index in [1.54, 1.807) is 4.90 Å². The minimum atomic E-state index is -1.91. The second-order valence-electron chi connectivity index (χ2n) is 5.79. The lowest BCUT2D eigenvalue weighted by molar-refractivity contribution is -0.619. The number of nitro groups is 2. The molecule has 0 unspecified atom stereocenters. The van der Waals surface area contributed by atoms with Gasteiger partial charge in [-0.1, -0.05) is 6.92 Å². The van der Waals surface area contributed by atoms with Crippen LogP contribution in [0.3, 0.4) is 0 Å². The summed E-state index contributed by atoms with van der Waals surface area (Å²) < 4.78 is 0. The third-order valence-electron chi connectivity index (χ3n) is 4.54. The number of likely N-dealkylation sites (tertiary alicyclic amines) is 1. The number of hydrogen-bond donors (Lipinski definition) is 1. The highest BCUT2D eigenvalue weighted by atomic mass is 16.6. The van der Waals surface area contributed by atoms with Crippen molar-refractivity contribution in [2.75, 3.05) is 19.6 Å². The van der Waals surface area contributed by atoms with Gasteiger partial charge in [0.1, 0.15) is 6.42 Å². The molecule has 2 bridgehead atoms. The van der Waals surface area contributed by atoms with Crippen LogP contribution in [0.25, 0.3) is 0 Å². The SMILES string of the molecule is CC[C@@H](C)N1C[C@@]2([N+](=O)[O-])CNC(=O)[C@@]([N+](=O)[O-])(C1)C2. The maximum absolute atomic E-state index is 12.0. The Morgan fingerprint density at radius 3 is 2.50 bits per heavy atom. The first-order valence-corrected chi connectivity index (χ1v) is 6.59. The van der Waals surface area contributed by atoms with Gasteiger partial charge in [0.2, 0.25) is 0 Å². The fraction of sp³-hybridized carbons (Fsp3) is 0.909. The first-order valence-electron chi connectivity index (χ1n) is 6.59. The minimum absolute atomic E-state index is 0.0418. The molecule has 0 aliphatic carbocycles. The summed E-state index contributed by atoms with van der Waals surface area (Å²) in [5, 5.41) is 25.2. The molecule has 2 aliphatic heterocycles. The number of fused-ring (bicyclic) bond motifs is 2. The average Bonchev–Trinajstić information content (AvgIpc) is 2.41. The van der Waals surface area contributed by atoms with E-state index in [0.29, 0.717) is 6.42 Å². The number of piperidine rings is 2. The molecule has 0 aromatic carbocycles. The highest BCUT2D eigenvalue weighted by Crippen LogP contribution is 2.37. The molecule has 112 valence electrons. The quantitative estimate of drug-likeness (QED) is 0.557. The average molecular weight is 286 g/mol. The van der Waals surface area contributed by atoms with Crippen molar-refractivity contribution in [2.24, 2.45) is 0 Å². The summed E-state index contributed by atoms with van der Waals surface area (Å²) in [6.07, 6.45) is 0.377. The molecule has 3 atom stereocenters. The zero-order chi connectivity index (χ0) is 15.1. The van der Waals surface area contributed by atoms with E-state index in [-0.39, 0.29) is 32.1 Å². The van der Waals surface area contributed by atoms with Gasteiger partial charge < -0.3 is 5.32 Å². The standard InChI is InChI=1S/C11H18N4O5/c1-3-8(2)13-6-10(14(17)18)4-11(7-13,15(19)20)9(16)12-5-10/h8H,3-7H2,1-2H3,(H,12,16)/t8-,10+,11+/m1/s1. The van der Waals surface area contributed by atoms with E-state index in [1.165, 1.54) is 0 Å². The molecular formula is C11H18N4O5. The Bertz CT molecular complexity index is 470. The number of carbonyl (C=O) groups excluding carboxylic acids is 1. The Balaban J connectivity index is 2.46. The molecule has 2 aliphatic rings. The highest BCUT2D eigenvalue weighted by molar-refractivity contribution is 5.86. The van der Waals surface area contributed by atoms with Crippen molar-refractivity contribution in [2.45, 2.75) is 43.8 Å². The zero-order valence-corrected chi connectivity index (χ0v) is 11.5. The van der Waals surface area contributed by atoms with Crippen molar-refractivity contribution in [1.29, 1.82) is 0 Å². The van der Waals surface area contributed by atoms with E-state index >= 15 is 0 Å². The normalized spacial score (nSPS) is 35.2. The molecular weight excluding hydrogens is 268 g/mol.